The van der Waals surface area contributed by atoms with E-state index in [0.717, 1.165) is 4.88 Å². The van der Waals surface area contributed by atoms with Crippen molar-refractivity contribution in [2.45, 2.75) is 27.7 Å². The van der Waals surface area contributed by atoms with Gasteiger partial charge in [-0.3, -0.25) is 4.79 Å². The first-order chi connectivity index (χ1) is 8.93. The maximum absolute atomic E-state index is 12.4. The van der Waals surface area contributed by atoms with Gasteiger partial charge in [-0.1, -0.05) is 26.8 Å². The molecule has 5 nitrogen and oxygen atoms in total. The molecule has 0 atom stereocenters. The predicted molar refractivity (Wildman–Crippen MR) is 74.6 cm³/mol. The van der Waals surface area contributed by atoms with Crippen LogP contribution in [0.1, 0.15) is 32.5 Å². The fourth-order valence-corrected chi connectivity index (χ4v) is 2.21. The van der Waals surface area contributed by atoms with Crippen molar-refractivity contribution in [1.29, 1.82) is 0 Å². The second-order valence-corrected chi connectivity index (χ2v) is 6.04. The highest BCUT2D eigenvalue weighted by molar-refractivity contribution is 7.13. The molecule has 0 spiro atoms. The van der Waals surface area contributed by atoms with Gasteiger partial charge in [0.2, 0.25) is 0 Å². The lowest BCUT2D eigenvalue weighted by Crippen LogP contribution is -2.28. The van der Waals surface area contributed by atoms with E-state index in [4.69, 9.17) is 4.74 Å². The van der Waals surface area contributed by atoms with E-state index in [2.05, 4.69) is 10.1 Å². The minimum atomic E-state index is -0.525. The van der Waals surface area contributed by atoms with E-state index in [-0.39, 0.29) is 11.9 Å². The van der Waals surface area contributed by atoms with Crippen LogP contribution in [-0.4, -0.2) is 27.3 Å². The lowest BCUT2D eigenvalue weighted by atomic mass is 9.96. The van der Waals surface area contributed by atoms with Crippen LogP contribution in [0.15, 0.2) is 17.5 Å². The third-order valence-corrected chi connectivity index (χ3v) is 3.30. The number of carbonyl (C=O) groups excluding carboxylic acids is 1. The van der Waals surface area contributed by atoms with E-state index in [1.54, 1.807) is 0 Å². The number of hydrogen-bond acceptors (Lipinski definition) is 5. The first kappa shape index (κ1) is 13.7. The Labute approximate surface area is 116 Å². The maximum Gasteiger partial charge on any atom is 0.336 e. The SMILES string of the molecule is CCOc1nc(-c2cccs2)n(C(=O)C(C)(C)C)n1. The first-order valence-electron chi connectivity index (χ1n) is 6.12. The number of nitrogens with zero attached hydrogens (tertiary/aromatic N) is 3. The van der Waals surface area contributed by atoms with Gasteiger partial charge >= 0.3 is 6.01 Å². The van der Waals surface area contributed by atoms with Crippen LogP contribution >= 0.6 is 11.3 Å². The topological polar surface area (TPSA) is 57.0 Å². The Kier molecular flexibility index (Phi) is 3.71. The molecule has 2 heterocycles. The molecule has 0 aliphatic rings. The van der Waals surface area contributed by atoms with Crippen molar-refractivity contribution in [3.63, 3.8) is 0 Å². The second kappa shape index (κ2) is 5.13. The quantitative estimate of drug-likeness (QED) is 0.866. The molecule has 0 saturated heterocycles. The van der Waals surface area contributed by atoms with Crippen molar-refractivity contribution in [3.8, 4) is 16.7 Å². The van der Waals surface area contributed by atoms with E-state index in [0.29, 0.717) is 12.4 Å². The summed E-state index contributed by atoms with van der Waals surface area (Å²) in [6.07, 6.45) is 0. The van der Waals surface area contributed by atoms with Crippen LogP contribution in [0.4, 0.5) is 0 Å². The molecule has 0 bridgehead atoms. The zero-order valence-corrected chi connectivity index (χ0v) is 12.3. The van der Waals surface area contributed by atoms with Gasteiger partial charge in [0.25, 0.3) is 5.91 Å². The Balaban J connectivity index is 2.49. The number of rotatable bonds is 3. The standard InChI is InChI=1S/C13H17N3O2S/c1-5-18-12-14-10(9-7-6-8-19-9)16(15-12)11(17)13(2,3)4/h6-8H,5H2,1-4H3. The molecule has 2 aromatic heterocycles. The van der Waals surface area contributed by atoms with Gasteiger partial charge in [0.15, 0.2) is 5.82 Å². The van der Waals surface area contributed by atoms with Crippen molar-refractivity contribution >= 4 is 17.2 Å². The average molecular weight is 279 g/mol. The molecular formula is C13H17N3O2S. The largest absolute Gasteiger partial charge is 0.463 e. The molecular weight excluding hydrogens is 262 g/mol. The molecule has 19 heavy (non-hydrogen) atoms. The molecule has 0 aromatic carbocycles. The molecule has 0 amide bonds. The number of hydrogen-bond donors (Lipinski definition) is 0. The van der Waals surface area contributed by atoms with E-state index in [9.17, 15) is 4.79 Å². The third kappa shape index (κ3) is 2.84. The molecule has 0 fully saturated rings. The Hall–Kier alpha value is -1.69. The summed E-state index contributed by atoms with van der Waals surface area (Å²) in [5, 5.41) is 6.10. The van der Waals surface area contributed by atoms with E-state index < -0.39 is 5.41 Å². The molecule has 2 rings (SSSR count). The Bertz CT molecular complexity index is 567. The normalized spacial score (nSPS) is 11.6. The van der Waals surface area contributed by atoms with E-state index >= 15 is 0 Å². The van der Waals surface area contributed by atoms with Crippen LogP contribution in [0.3, 0.4) is 0 Å². The van der Waals surface area contributed by atoms with E-state index in [1.807, 2.05) is 45.2 Å². The van der Waals surface area contributed by atoms with Crippen LogP contribution < -0.4 is 4.74 Å². The maximum atomic E-state index is 12.4. The number of carbonyl (C=O) groups is 1. The number of aromatic nitrogens is 3. The second-order valence-electron chi connectivity index (χ2n) is 5.10. The minimum absolute atomic E-state index is 0.102. The van der Waals surface area contributed by atoms with Crippen molar-refractivity contribution < 1.29 is 9.53 Å². The highest BCUT2D eigenvalue weighted by atomic mass is 32.1. The summed E-state index contributed by atoms with van der Waals surface area (Å²) in [5.41, 5.74) is -0.525. The zero-order chi connectivity index (χ0) is 14.0. The highest BCUT2D eigenvalue weighted by Crippen LogP contribution is 2.27. The highest BCUT2D eigenvalue weighted by Gasteiger charge is 2.28. The van der Waals surface area contributed by atoms with Crippen molar-refractivity contribution in [2.75, 3.05) is 6.61 Å². The summed E-state index contributed by atoms with van der Waals surface area (Å²) in [6, 6.07) is 4.07. The summed E-state index contributed by atoms with van der Waals surface area (Å²) in [7, 11) is 0. The lowest BCUT2D eigenvalue weighted by Gasteiger charge is -2.16. The molecule has 6 heteroatoms. The molecule has 102 valence electrons. The summed E-state index contributed by atoms with van der Waals surface area (Å²) >= 11 is 1.52. The molecule has 0 radical (unpaired) electrons. The summed E-state index contributed by atoms with van der Waals surface area (Å²) in [4.78, 5) is 17.6. The van der Waals surface area contributed by atoms with Crippen LogP contribution in [-0.2, 0) is 0 Å². The van der Waals surface area contributed by atoms with Gasteiger partial charge in [-0.2, -0.15) is 9.67 Å². The van der Waals surface area contributed by atoms with E-state index in [1.165, 1.54) is 16.0 Å². The van der Waals surface area contributed by atoms with Crippen LogP contribution in [0.25, 0.3) is 10.7 Å². The Morgan fingerprint density at radius 2 is 2.21 bits per heavy atom. The predicted octanol–water partition coefficient (Wildman–Crippen LogP) is 3.09. The van der Waals surface area contributed by atoms with Crippen LogP contribution in [0.5, 0.6) is 6.01 Å². The van der Waals surface area contributed by atoms with Gasteiger partial charge in [0.1, 0.15) is 0 Å². The average Bonchev–Trinajstić information content (AvgIpc) is 2.94. The molecule has 0 aliphatic heterocycles. The first-order valence-corrected chi connectivity index (χ1v) is 7.00. The zero-order valence-electron chi connectivity index (χ0n) is 11.5. The van der Waals surface area contributed by atoms with Gasteiger partial charge in [0.05, 0.1) is 11.5 Å². The molecule has 0 saturated carbocycles. The van der Waals surface area contributed by atoms with Crippen LogP contribution in [0, 0.1) is 5.41 Å². The summed E-state index contributed by atoms with van der Waals surface area (Å²) in [6.45, 7) is 7.90. The van der Waals surface area contributed by atoms with Gasteiger partial charge in [-0.25, -0.2) is 0 Å². The Morgan fingerprint density at radius 3 is 2.74 bits per heavy atom. The van der Waals surface area contributed by atoms with Crippen molar-refractivity contribution in [1.82, 2.24) is 14.8 Å². The van der Waals surface area contributed by atoms with Crippen LogP contribution in [0.2, 0.25) is 0 Å². The van der Waals surface area contributed by atoms with Gasteiger partial charge < -0.3 is 4.74 Å². The number of ether oxygens (including phenoxy) is 1. The fraction of sp³-hybridized carbons (Fsp3) is 0.462. The smallest absolute Gasteiger partial charge is 0.336 e. The van der Waals surface area contributed by atoms with Gasteiger partial charge in [-0.05, 0) is 18.4 Å². The molecule has 2 aromatic rings. The van der Waals surface area contributed by atoms with Gasteiger partial charge in [0, 0.05) is 5.41 Å². The minimum Gasteiger partial charge on any atom is -0.463 e. The van der Waals surface area contributed by atoms with Crippen molar-refractivity contribution in [3.05, 3.63) is 17.5 Å². The number of thiophene rings is 1. The Morgan fingerprint density at radius 1 is 1.47 bits per heavy atom. The molecule has 0 aliphatic carbocycles. The summed E-state index contributed by atoms with van der Waals surface area (Å²) in [5.74, 6) is 0.438. The monoisotopic (exact) mass is 279 g/mol. The lowest BCUT2D eigenvalue weighted by molar-refractivity contribution is 0.0749. The third-order valence-electron chi connectivity index (χ3n) is 2.44. The molecule has 0 N–H and O–H groups in total. The molecule has 0 unspecified atom stereocenters. The fourth-order valence-electron chi connectivity index (χ4n) is 1.51. The van der Waals surface area contributed by atoms with Crippen molar-refractivity contribution in [2.24, 2.45) is 5.41 Å². The van der Waals surface area contributed by atoms with Gasteiger partial charge in [-0.15, -0.1) is 16.4 Å². The summed E-state index contributed by atoms with van der Waals surface area (Å²) < 4.78 is 6.64.